The van der Waals surface area contributed by atoms with E-state index in [1.807, 2.05) is 6.07 Å². The second kappa shape index (κ2) is 12.6. The normalized spacial score (nSPS) is 18.9. The highest BCUT2D eigenvalue weighted by atomic mass is 35.5. The Morgan fingerprint density at radius 3 is 2.44 bits per heavy atom. The summed E-state index contributed by atoms with van der Waals surface area (Å²) >= 11 is 0. The molecule has 1 heterocycles. The summed E-state index contributed by atoms with van der Waals surface area (Å²) in [6.07, 6.45) is 18.2. The molecule has 3 N–H and O–H groups in total. The molecule has 2 aromatic rings. The number of nitrogens with one attached hydrogen (secondary N) is 1. The van der Waals surface area contributed by atoms with Crippen LogP contribution in [0.15, 0.2) is 24.4 Å². The first kappa shape index (κ1) is 25.1. The number of benzene rings is 1. The maximum Gasteiger partial charge on any atom is 0.0991 e. The molecule has 32 heavy (non-hydrogen) atoms. The summed E-state index contributed by atoms with van der Waals surface area (Å²) in [7, 11) is 0. The van der Waals surface area contributed by atoms with Crippen LogP contribution in [0.3, 0.4) is 0 Å². The molecule has 0 radical (unpaired) electrons. The number of fused-ring (bicyclic) bond motifs is 1. The lowest BCUT2D eigenvalue weighted by Crippen LogP contribution is -2.24. The van der Waals surface area contributed by atoms with Crippen molar-refractivity contribution in [2.45, 2.75) is 89.0 Å². The molecule has 2 aliphatic rings. The maximum absolute atomic E-state index is 9.58. The van der Waals surface area contributed by atoms with Crippen LogP contribution in [-0.2, 0) is 0 Å². The molecule has 0 aliphatic heterocycles. The summed E-state index contributed by atoms with van der Waals surface area (Å²) in [5.74, 6) is 1.34. The predicted octanol–water partition coefficient (Wildman–Crippen LogP) is 6.43. The van der Waals surface area contributed by atoms with Gasteiger partial charge in [-0.25, -0.2) is 0 Å². The third-order valence-corrected chi connectivity index (χ3v) is 7.77. The number of rotatable bonds is 9. The van der Waals surface area contributed by atoms with Gasteiger partial charge < -0.3 is 15.6 Å². The number of halogens is 1. The van der Waals surface area contributed by atoms with Crippen molar-refractivity contribution in [1.82, 2.24) is 9.88 Å². The molecule has 0 amide bonds. The maximum atomic E-state index is 9.58. The summed E-state index contributed by atoms with van der Waals surface area (Å²) in [6.45, 7) is 2.82. The van der Waals surface area contributed by atoms with Gasteiger partial charge in [0.05, 0.1) is 11.6 Å². The van der Waals surface area contributed by atoms with Gasteiger partial charge in [0.15, 0.2) is 0 Å². The zero-order valence-electron chi connectivity index (χ0n) is 19.5. The fraction of sp³-hybridized carbons (Fsp3) is 0.667. The van der Waals surface area contributed by atoms with Gasteiger partial charge in [-0.15, -0.1) is 12.4 Å². The smallest absolute Gasteiger partial charge is 0.0991 e. The second-order valence-corrected chi connectivity index (χ2v) is 9.81. The van der Waals surface area contributed by atoms with Crippen molar-refractivity contribution in [2.75, 3.05) is 19.6 Å². The third-order valence-electron chi connectivity index (χ3n) is 7.77. The van der Waals surface area contributed by atoms with E-state index >= 15 is 0 Å². The molecule has 0 spiro atoms. The Morgan fingerprint density at radius 1 is 1.03 bits per heavy atom. The van der Waals surface area contributed by atoms with Crippen molar-refractivity contribution < 1.29 is 0 Å². The van der Waals surface area contributed by atoms with Crippen molar-refractivity contribution in [3.63, 3.8) is 0 Å². The van der Waals surface area contributed by atoms with Crippen LogP contribution in [0.1, 0.15) is 100 Å². The highest BCUT2D eigenvalue weighted by Crippen LogP contribution is 2.43. The van der Waals surface area contributed by atoms with Crippen LogP contribution < -0.4 is 11.1 Å². The quantitative estimate of drug-likeness (QED) is 0.427. The minimum absolute atomic E-state index is 0. The van der Waals surface area contributed by atoms with E-state index in [2.05, 4.69) is 34.3 Å². The number of hydrogen-bond donors (Lipinski definition) is 2. The van der Waals surface area contributed by atoms with Crippen LogP contribution in [0.2, 0.25) is 0 Å². The van der Waals surface area contributed by atoms with E-state index in [0.717, 1.165) is 37.5 Å². The number of nitriles is 1. The number of nitrogens with two attached hydrogens (primary N) is 1. The molecule has 4 nitrogen and oxygen atoms in total. The lowest BCUT2D eigenvalue weighted by molar-refractivity contribution is 0.292. The molecule has 2 fully saturated rings. The molecule has 1 unspecified atom stereocenters. The summed E-state index contributed by atoms with van der Waals surface area (Å²) in [5, 5.41) is 14.5. The molecular weight excluding hydrogens is 416 g/mol. The van der Waals surface area contributed by atoms with E-state index < -0.39 is 0 Å². The molecule has 0 saturated heterocycles. The monoisotopic (exact) mass is 456 g/mol. The SMILES string of the molecule is Cl.N#Cc1ccc2c(c1)c(C(CCNCCCN)C1CCCCC1)cn2C1CCCCC1. The Balaban J connectivity index is 0.00000289. The Morgan fingerprint density at radius 2 is 1.75 bits per heavy atom. The van der Waals surface area contributed by atoms with E-state index in [1.165, 1.54) is 87.1 Å². The van der Waals surface area contributed by atoms with Crippen molar-refractivity contribution in [2.24, 2.45) is 11.7 Å². The topological polar surface area (TPSA) is 66.8 Å². The second-order valence-electron chi connectivity index (χ2n) is 9.81. The predicted molar refractivity (Wildman–Crippen MR) is 136 cm³/mol. The summed E-state index contributed by atoms with van der Waals surface area (Å²) in [6, 6.07) is 9.39. The van der Waals surface area contributed by atoms with Crippen LogP contribution in [0.5, 0.6) is 0 Å². The van der Waals surface area contributed by atoms with Gasteiger partial charge in [-0.1, -0.05) is 38.5 Å². The Labute approximate surface area is 200 Å². The van der Waals surface area contributed by atoms with Gasteiger partial charge in [0.2, 0.25) is 0 Å². The van der Waals surface area contributed by atoms with Crippen molar-refractivity contribution >= 4 is 23.3 Å². The van der Waals surface area contributed by atoms with Gasteiger partial charge in [0, 0.05) is 23.1 Å². The van der Waals surface area contributed by atoms with Crippen molar-refractivity contribution in [1.29, 1.82) is 5.26 Å². The van der Waals surface area contributed by atoms with Crippen LogP contribution in [0.4, 0.5) is 0 Å². The fourth-order valence-corrected chi connectivity index (χ4v) is 6.10. The molecule has 4 rings (SSSR count). The van der Waals surface area contributed by atoms with Crippen LogP contribution in [-0.4, -0.2) is 24.2 Å². The fourth-order valence-electron chi connectivity index (χ4n) is 6.10. The highest BCUT2D eigenvalue weighted by Gasteiger charge is 2.29. The minimum Gasteiger partial charge on any atom is -0.344 e. The third kappa shape index (κ3) is 5.87. The van der Waals surface area contributed by atoms with Gasteiger partial charge in [0.25, 0.3) is 0 Å². The largest absolute Gasteiger partial charge is 0.344 e. The van der Waals surface area contributed by atoms with E-state index in [1.54, 1.807) is 0 Å². The van der Waals surface area contributed by atoms with Crippen molar-refractivity contribution in [3.05, 3.63) is 35.5 Å². The minimum atomic E-state index is 0. The van der Waals surface area contributed by atoms with E-state index in [-0.39, 0.29) is 12.4 Å². The number of aromatic nitrogens is 1. The highest BCUT2D eigenvalue weighted by molar-refractivity contribution is 5.86. The first-order valence-electron chi connectivity index (χ1n) is 12.8. The zero-order chi connectivity index (χ0) is 21.5. The van der Waals surface area contributed by atoms with Crippen LogP contribution in [0, 0.1) is 17.2 Å². The first-order valence-corrected chi connectivity index (χ1v) is 12.8. The van der Waals surface area contributed by atoms with Gasteiger partial charge in [-0.05, 0) is 93.8 Å². The summed E-state index contributed by atoms with van der Waals surface area (Å²) in [4.78, 5) is 0. The van der Waals surface area contributed by atoms with Crippen LogP contribution >= 0.6 is 12.4 Å². The van der Waals surface area contributed by atoms with Gasteiger partial charge in [-0.3, -0.25) is 0 Å². The summed E-state index contributed by atoms with van der Waals surface area (Å²) < 4.78 is 2.59. The van der Waals surface area contributed by atoms with E-state index in [4.69, 9.17) is 5.73 Å². The standard InChI is InChI=1S/C27H40N4.ClH/c28-15-7-16-30-17-14-24(22-8-3-1-4-9-22)26-20-31(23-10-5-2-6-11-23)27-13-12-21(19-29)18-25(26)27;/h12-13,18,20,22-24,30H,1-11,14-17,28H2;1H. The molecule has 5 heteroatoms. The molecule has 176 valence electrons. The molecular formula is C27H41ClN4. The molecule has 1 aromatic heterocycles. The first-order chi connectivity index (χ1) is 15.3. The molecule has 2 saturated carbocycles. The molecule has 2 aliphatic carbocycles. The zero-order valence-corrected chi connectivity index (χ0v) is 20.3. The number of nitrogens with zero attached hydrogens (tertiary/aromatic N) is 2. The Hall–Kier alpha value is -1.54. The summed E-state index contributed by atoms with van der Waals surface area (Å²) in [5.41, 5.74) is 9.31. The molecule has 1 aromatic carbocycles. The van der Waals surface area contributed by atoms with Crippen LogP contribution in [0.25, 0.3) is 10.9 Å². The van der Waals surface area contributed by atoms with Crippen molar-refractivity contribution in [3.8, 4) is 6.07 Å². The van der Waals surface area contributed by atoms with E-state index in [9.17, 15) is 5.26 Å². The Kier molecular flexibility index (Phi) is 9.91. The van der Waals surface area contributed by atoms with Gasteiger partial charge in [0.1, 0.15) is 0 Å². The van der Waals surface area contributed by atoms with E-state index in [0.29, 0.717) is 12.0 Å². The molecule has 1 atom stereocenters. The average molecular weight is 457 g/mol. The molecule has 0 bridgehead atoms. The van der Waals surface area contributed by atoms with Gasteiger partial charge >= 0.3 is 0 Å². The number of hydrogen-bond acceptors (Lipinski definition) is 3. The average Bonchev–Trinajstić information content (AvgIpc) is 3.21. The van der Waals surface area contributed by atoms with Gasteiger partial charge in [-0.2, -0.15) is 5.26 Å². The lowest BCUT2D eigenvalue weighted by Gasteiger charge is -2.31. The Bertz CT molecular complexity index is 872. The lowest BCUT2D eigenvalue weighted by atomic mass is 9.75.